The largest absolute Gasteiger partial charge is 0.228 e. The Balaban J connectivity index is 1.08. The molecular weight excluding hydrogens is 769 g/mol. The van der Waals surface area contributed by atoms with E-state index in [1.54, 1.807) is 0 Å². The zero-order valence-corrected chi connectivity index (χ0v) is 34.4. The van der Waals surface area contributed by atoms with Gasteiger partial charge in [-0.2, -0.15) is 0 Å². The minimum absolute atomic E-state index is 0.515. The van der Waals surface area contributed by atoms with Gasteiger partial charge >= 0.3 is 0 Å². The van der Waals surface area contributed by atoms with E-state index in [-0.39, 0.29) is 0 Å². The van der Waals surface area contributed by atoms with Crippen molar-refractivity contribution >= 4 is 31.5 Å². The SMILES string of the molecule is c1ccc(-c2cc(-c3ccc4sc5ccccc5c4c3)cc(-c3cc(-c4cccc5c4C4(c6ccccc6-c6ccccc64)c4ccccc4-5)nc(-c4ccccc4)n3)c2)cc1. The van der Waals surface area contributed by atoms with Gasteiger partial charge in [-0.05, 0) is 109 Å². The van der Waals surface area contributed by atoms with Crippen molar-refractivity contribution in [3.8, 4) is 78.4 Å². The molecule has 1 spiro atoms. The second-order valence-electron chi connectivity index (χ2n) is 16.4. The first kappa shape index (κ1) is 35.1. The normalized spacial score (nSPS) is 13.0. The molecule has 0 radical (unpaired) electrons. The lowest BCUT2D eigenvalue weighted by atomic mass is 9.69. The molecule has 2 aromatic heterocycles. The molecule has 2 aliphatic carbocycles. The van der Waals surface area contributed by atoms with E-state index >= 15 is 0 Å². The zero-order chi connectivity index (χ0) is 40.8. The molecular formula is C59H36N2S. The van der Waals surface area contributed by atoms with Crippen LogP contribution in [0.3, 0.4) is 0 Å². The Hall–Kier alpha value is -7.72. The van der Waals surface area contributed by atoms with E-state index in [0.717, 1.165) is 44.8 Å². The maximum absolute atomic E-state index is 5.51. The maximum Gasteiger partial charge on any atom is 0.160 e. The van der Waals surface area contributed by atoms with Crippen molar-refractivity contribution < 1.29 is 0 Å². The smallest absolute Gasteiger partial charge is 0.160 e. The van der Waals surface area contributed by atoms with Crippen molar-refractivity contribution in [1.29, 1.82) is 0 Å². The van der Waals surface area contributed by atoms with Crippen LogP contribution in [-0.4, -0.2) is 9.97 Å². The highest BCUT2D eigenvalue weighted by atomic mass is 32.1. The summed E-state index contributed by atoms with van der Waals surface area (Å²) >= 11 is 1.85. The van der Waals surface area contributed by atoms with E-state index in [1.165, 1.54) is 70.2 Å². The highest BCUT2D eigenvalue weighted by molar-refractivity contribution is 7.25. The van der Waals surface area contributed by atoms with Crippen molar-refractivity contribution in [1.82, 2.24) is 9.97 Å². The highest BCUT2D eigenvalue weighted by Crippen LogP contribution is 2.64. The molecule has 0 fully saturated rings. The van der Waals surface area contributed by atoms with Gasteiger partial charge in [0.05, 0.1) is 16.8 Å². The molecule has 2 aliphatic rings. The van der Waals surface area contributed by atoms with Crippen molar-refractivity contribution in [2.24, 2.45) is 0 Å². The predicted molar refractivity (Wildman–Crippen MR) is 258 cm³/mol. The van der Waals surface area contributed by atoms with Crippen LogP contribution in [0.15, 0.2) is 218 Å². The summed E-state index contributed by atoms with van der Waals surface area (Å²) in [5, 5.41) is 2.58. The molecule has 13 rings (SSSR count). The molecule has 0 aliphatic heterocycles. The lowest BCUT2D eigenvalue weighted by Crippen LogP contribution is -2.26. The van der Waals surface area contributed by atoms with Crippen molar-refractivity contribution in [3.05, 3.63) is 241 Å². The Labute approximate surface area is 364 Å². The average Bonchev–Trinajstić information content (AvgIpc) is 3.98. The minimum Gasteiger partial charge on any atom is -0.228 e. The Morgan fingerprint density at radius 1 is 0.306 bits per heavy atom. The lowest BCUT2D eigenvalue weighted by molar-refractivity contribution is 0.795. The molecule has 3 heteroatoms. The minimum atomic E-state index is -0.515. The van der Waals surface area contributed by atoms with Gasteiger partial charge in [0.1, 0.15) is 0 Å². The third-order valence-electron chi connectivity index (χ3n) is 13.1. The first-order valence-electron chi connectivity index (χ1n) is 21.2. The van der Waals surface area contributed by atoms with Gasteiger partial charge in [0.2, 0.25) is 0 Å². The summed E-state index contributed by atoms with van der Waals surface area (Å²) in [6, 6.07) is 79.7. The zero-order valence-electron chi connectivity index (χ0n) is 33.6. The molecule has 2 heterocycles. The van der Waals surface area contributed by atoms with Crippen LogP contribution >= 0.6 is 11.3 Å². The number of rotatable bonds is 5. The Kier molecular flexibility index (Phi) is 7.72. The summed E-state index contributed by atoms with van der Waals surface area (Å²) in [6.45, 7) is 0. The summed E-state index contributed by atoms with van der Waals surface area (Å²) in [7, 11) is 0. The van der Waals surface area contributed by atoms with Crippen molar-refractivity contribution in [3.63, 3.8) is 0 Å². The molecule has 0 unspecified atom stereocenters. The fraction of sp³-hybridized carbons (Fsp3) is 0.0169. The van der Waals surface area contributed by atoms with Crippen LogP contribution in [0.2, 0.25) is 0 Å². The number of benzene rings is 9. The Bertz CT molecular complexity index is 3520. The molecule has 9 aromatic carbocycles. The van der Waals surface area contributed by atoms with Crippen molar-refractivity contribution in [2.75, 3.05) is 0 Å². The van der Waals surface area contributed by atoms with E-state index in [4.69, 9.17) is 9.97 Å². The summed E-state index contributed by atoms with van der Waals surface area (Å²) in [4.78, 5) is 11.0. The molecule has 0 atom stereocenters. The van der Waals surface area contributed by atoms with Crippen molar-refractivity contribution in [2.45, 2.75) is 5.41 Å². The van der Waals surface area contributed by atoms with Crippen LogP contribution < -0.4 is 0 Å². The summed E-state index contributed by atoms with van der Waals surface area (Å²) < 4.78 is 2.60. The van der Waals surface area contributed by atoms with Crippen LogP contribution in [-0.2, 0) is 5.41 Å². The molecule has 62 heavy (non-hydrogen) atoms. The molecule has 0 saturated heterocycles. The van der Waals surface area contributed by atoms with Crippen LogP contribution in [0.5, 0.6) is 0 Å². The van der Waals surface area contributed by atoms with E-state index < -0.39 is 5.41 Å². The average molecular weight is 805 g/mol. The Morgan fingerprint density at radius 2 is 0.823 bits per heavy atom. The molecule has 2 nitrogen and oxygen atoms in total. The van der Waals surface area contributed by atoms with Crippen LogP contribution in [0.4, 0.5) is 0 Å². The molecule has 0 amide bonds. The van der Waals surface area contributed by atoms with Crippen LogP contribution in [0.25, 0.3) is 98.6 Å². The summed E-state index contributed by atoms with van der Waals surface area (Å²) in [6.07, 6.45) is 0. The number of nitrogens with zero attached hydrogens (tertiary/aromatic N) is 2. The molecule has 0 bridgehead atoms. The fourth-order valence-corrected chi connectivity index (χ4v) is 11.5. The summed E-state index contributed by atoms with van der Waals surface area (Å²) in [5.41, 5.74) is 19.3. The first-order valence-corrected chi connectivity index (χ1v) is 22.0. The van der Waals surface area contributed by atoms with Gasteiger partial charge in [0, 0.05) is 36.9 Å². The molecule has 11 aromatic rings. The van der Waals surface area contributed by atoms with Gasteiger partial charge in [-0.3, -0.25) is 0 Å². The Morgan fingerprint density at radius 3 is 1.53 bits per heavy atom. The standard InChI is InChI=1S/C59H36N2S/c1-3-16-37(17-4-1)40-32-41(39-30-31-56-49(35-39)46-23-10-14-29-55(46)62-56)34-42(33-40)53-36-54(61-58(60-53)38-18-5-2-6-19-38)48-25-15-24-47-45-22-9-13-28-52(45)59(57(47)48)50-26-11-7-20-43(50)44-21-8-12-27-51(44)59/h1-36H. The van der Waals surface area contributed by atoms with Crippen LogP contribution in [0, 0.1) is 0 Å². The number of aromatic nitrogens is 2. The van der Waals surface area contributed by atoms with Crippen LogP contribution in [0.1, 0.15) is 22.3 Å². The van der Waals surface area contributed by atoms with Gasteiger partial charge in [-0.15, -0.1) is 11.3 Å². The van der Waals surface area contributed by atoms with Gasteiger partial charge < -0.3 is 0 Å². The monoisotopic (exact) mass is 804 g/mol. The van der Waals surface area contributed by atoms with Gasteiger partial charge in [-0.1, -0.05) is 176 Å². The second kappa shape index (κ2) is 13.7. The maximum atomic E-state index is 5.51. The fourth-order valence-electron chi connectivity index (χ4n) is 10.5. The number of thiophene rings is 1. The third kappa shape index (κ3) is 5.16. The van der Waals surface area contributed by atoms with E-state index in [2.05, 4.69) is 218 Å². The molecule has 288 valence electrons. The third-order valence-corrected chi connectivity index (χ3v) is 14.2. The number of hydrogen-bond donors (Lipinski definition) is 0. The van der Waals surface area contributed by atoms with E-state index in [9.17, 15) is 0 Å². The molecule has 0 N–H and O–H groups in total. The first-order chi connectivity index (χ1) is 30.7. The second-order valence-corrected chi connectivity index (χ2v) is 17.5. The lowest BCUT2D eigenvalue weighted by Gasteiger charge is -2.32. The van der Waals surface area contributed by atoms with Gasteiger partial charge in [-0.25, -0.2) is 9.97 Å². The van der Waals surface area contributed by atoms with Gasteiger partial charge in [0.25, 0.3) is 0 Å². The van der Waals surface area contributed by atoms with E-state index in [0.29, 0.717) is 5.82 Å². The topological polar surface area (TPSA) is 25.8 Å². The quantitative estimate of drug-likeness (QED) is 0.173. The number of hydrogen-bond acceptors (Lipinski definition) is 3. The predicted octanol–water partition coefficient (Wildman–Crippen LogP) is 15.5. The van der Waals surface area contributed by atoms with E-state index in [1.807, 2.05) is 11.3 Å². The molecule has 0 saturated carbocycles. The number of fused-ring (bicyclic) bond motifs is 13. The highest BCUT2D eigenvalue weighted by Gasteiger charge is 2.52. The summed E-state index contributed by atoms with van der Waals surface area (Å²) in [5.74, 6) is 0.699. The van der Waals surface area contributed by atoms with Gasteiger partial charge in [0.15, 0.2) is 5.82 Å².